The number of rotatable bonds is 7. The lowest BCUT2D eigenvalue weighted by molar-refractivity contribution is -0.140. The minimum absolute atomic E-state index is 0.147. The fourth-order valence-corrected chi connectivity index (χ4v) is 4.50. The van der Waals surface area contributed by atoms with Gasteiger partial charge in [0.1, 0.15) is 29.5 Å². The number of nitrogens with one attached hydrogen (secondary N) is 2. The van der Waals surface area contributed by atoms with Crippen LogP contribution in [0.5, 0.6) is 0 Å². The molecule has 2 aromatic heterocycles. The van der Waals surface area contributed by atoms with Crippen molar-refractivity contribution in [2.24, 2.45) is 0 Å². The summed E-state index contributed by atoms with van der Waals surface area (Å²) in [6, 6.07) is 13.3. The van der Waals surface area contributed by atoms with Crippen molar-refractivity contribution in [2.45, 2.75) is 38.2 Å². The number of aliphatic carboxylic acids is 1. The van der Waals surface area contributed by atoms with Crippen LogP contribution in [0.4, 0.5) is 21.0 Å². The van der Waals surface area contributed by atoms with Crippen molar-refractivity contribution in [3.63, 3.8) is 0 Å². The predicted octanol–water partition coefficient (Wildman–Crippen LogP) is 6.01. The Labute approximate surface area is 227 Å². The van der Waals surface area contributed by atoms with Gasteiger partial charge in [0, 0.05) is 22.5 Å². The van der Waals surface area contributed by atoms with Crippen molar-refractivity contribution in [3.8, 4) is 11.5 Å². The summed E-state index contributed by atoms with van der Waals surface area (Å²) in [6.07, 6.45) is 2.56. The number of carbonyl (C=O) groups excluding carboxylic acids is 2. The number of amides is 2. The average Bonchev–Trinajstić information content (AvgIpc) is 3.45. The van der Waals surface area contributed by atoms with Crippen LogP contribution in [0.15, 0.2) is 65.6 Å². The number of carboxylic acid groups (broad SMARTS) is 1. The number of benzene rings is 2. The van der Waals surface area contributed by atoms with Gasteiger partial charge in [0.25, 0.3) is 0 Å². The van der Waals surface area contributed by atoms with E-state index in [1.54, 1.807) is 62.4 Å². The van der Waals surface area contributed by atoms with Crippen molar-refractivity contribution < 1.29 is 28.8 Å². The zero-order valence-electron chi connectivity index (χ0n) is 21.0. The SMILES string of the molecule is Cc1noc(-c2cn(C(=O)Nc3ccc(C4(C(=O)O)CC4)cc3)cn2)c1NC(=O)OC(C)c1ccccc1Cl. The van der Waals surface area contributed by atoms with Crippen molar-refractivity contribution in [2.75, 3.05) is 10.6 Å². The Bertz CT molecular complexity index is 1560. The molecular weight excluding hydrogens is 526 g/mol. The van der Waals surface area contributed by atoms with Gasteiger partial charge in [-0.3, -0.25) is 14.7 Å². The zero-order chi connectivity index (χ0) is 27.7. The van der Waals surface area contributed by atoms with E-state index in [9.17, 15) is 19.5 Å². The molecule has 0 aliphatic heterocycles. The molecule has 1 aliphatic rings. The van der Waals surface area contributed by atoms with Crippen LogP contribution in [0.3, 0.4) is 0 Å². The van der Waals surface area contributed by atoms with Gasteiger partial charge in [0.05, 0.1) is 5.41 Å². The summed E-state index contributed by atoms with van der Waals surface area (Å²) >= 11 is 6.19. The standard InChI is InChI=1S/C27H24ClN5O6/c1-15-22(31-26(37)38-16(2)19-5-3-4-6-20(19)28)23(39-32-15)21-13-33(14-29-21)25(36)30-18-9-7-17(8-10-18)27(11-12-27)24(34)35/h3-10,13-14,16H,11-12H2,1-2H3,(H,30,36)(H,31,37)(H,34,35). The molecule has 200 valence electrons. The maximum Gasteiger partial charge on any atom is 0.412 e. The average molecular weight is 550 g/mol. The third kappa shape index (κ3) is 5.21. The zero-order valence-corrected chi connectivity index (χ0v) is 21.7. The summed E-state index contributed by atoms with van der Waals surface area (Å²) in [5, 5.41) is 19.2. The minimum atomic E-state index is -0.842. The van der Waals surface area contributed by atoms with Crippen LogP contribution in [-0.2, 0) is 14.9 Å². The Balaban J connectivity index is 1.25. The van der Waals surface area contributed by atoms with E-state index in [1.165, 1.54) is 17.1 Å². The van der Waals surface area contributed by atoms with E-state index in [1.807, 2.05) is 0 Å². The molecule has 5 rings (SSSR count). The van der Waals surface area contributed by atoms with Gasteiger partial charge in [-0.25, -0.2) is 14.6 Å². The van der Waals surface area contributed by atoms with Crippen LogP contribution in [0.25, 0.3) is 11.5 Å². The molecule has 1 fully saturated rings. The second-order valence-electron chi connectivity index (χ2n) is 9.23. The van der Waals surface area contributed by atoms with Crippen molar-refractivity contribution >= 4 is 41.1 Å². The Morgan fingerprint density at radius 1 is 1.13 bits per heavy atom. The Morgan fingerprint density at radius 2 is 1.85 bits per heavy atom. The van der Waals surface area contributed by atoms with Gasteiger partial charge in [0.2, 0.25) is 5.76 Å². The Hall–Kier alpha value is -4.64. The summed E-state index contributed by atoms with van der Waals surface area (Å²) in [5.74, 6) is -0.695. The van der Waals surface area contributed by atoms with Gasteiger partial charge in [0.15, 0.2) is 0 Å². The molecule has 0 saturated heterocycles. The van der Waals surface area contributed by atoms with E-state index in [0.717, 1.165) is 0 Å². The molecule has 4 aromatic rings. The van der Waals surface area contributed by atoms with Crippen LogP contribution >= 0.6 is 11.6 Å². The lowest BCUT2D eigenvalue weighted by atomic mass is 9.96. The van der Waals surface area contributed by atoms with Crippen molar-refractivity contribution in [1.82, 2.24) is 14.7 Å². The monoisotopic (exact) mass is 549 g/mol. The fraction of sp³-hybridized carbons (Fsp3) is 0.222. The number of imidazole rings is 1. The van der Waals surface area contributed by atoms with Crippen molar-refractivity contribution in [3.05, 3.63) is 82.9 Å². The van der Waals surface area contributed by atoms with Gasteiger partial charge in [-0.2, -0.15) is 0 Å². The molecular formula is C27H24ClN5O6. The third-order valence-electron chi connectivity index (χ3n) is 6.61. The lowest BCUT2D eigenvalue weighted by Crippen LogP contribution is -2.20. The van der Waals surface area contributed by atoms with E-state index >= 15 is 0 Å². The van der Waals surface area contributed by atoms with E-state index in [0.29, 0.717) is 40.4 Å². The van der Waals surface area contributed by atoms with Gasteiger partial charge in [-0.15, -0.1) is 0 Å². The Morgan fingerprint density at radius 3 is 2.51 bits per heavy atom. The minimum Gasteiger partial charge on any atom is -0.481 e. The van der Waals surface area contributed by atoms with Crippen LogP contribution in [0.1, 0.15) is 42.7 Å². The topological polar surface area (TPSA) is 149 Å². The summed E-state index contributed by atoms with van der Waals surface area (Å²) in [6.45, 7) is 3.34. The third-order valence-corrected chi connectivity index (χ3v) is 6.96. The molecule has 2 amide bonds. The van der Waals surface area contributed by atoms with Gasteiger partial charge in [-0.05, 0) is 50.5 Å². The smallest absolute Gasteiger partial charge is 0.412 e. The van der Waals surface area contributed by atoms with Crippen LogP contribution < -0.4 is 10.6 Å². The lowest BCUT2D eigenvalue weighted by Gasteiger charge is -2.15. The van der Waals surface area contributed by atoms with E-state index < -0.39 is 29.6 Å². The molecule has 2 heterocycles. The predicted molar refractivity (Wildman–Crippen MR) is 142 cm³/mol. The van der Waals surface area contributed by atoms with Gasteiger partial charge < -0.3 is 19.7 Å². The molecule has 0 radical (unpaired) electrons. The first-order chi connectivity index (χ1) is 18.7. The largest absolute Gasteiger partial charge is 0.481 e. The second-order valence-corrected chi connectivity index (χ2v) is 9.63. The number of nitrogens with zero attached hydrogens (tertiary/aromatic N) is 3. The van der Waals surface area contributed by atoms with Crippen LogP contribution in [0, 0.1) is 6.92 Å². The quantitative estimate of drug-likeness (QED) is 0.254. The van der Waals surface area contributed by atoms with E-state index in [-0.39, 0.29) is 17.1 Å². The second kappa shape index (κ2) is 10.3. The highest BCUT2D eigenvalue weighted by atomic mass is 35.5. The number of halogens is 1. The van der Waals surface area contributed by atoms with Crippen LogP contribution in [-0.4, -0.2) is 37.9 Å². The molecule has 0 bridgehead atoms. The number of aryl methyl sites for hydroxylation is 1. The van der Waals surface area contributed by atoms with Gasteiger partial charge >= 0.3 is 18.1 Å². The normalized spacial score (nSPS) is 14.3. The maximum absolute atomic E-state index is 12.8. The molecule has 0 spiro atoms. The molecule has 11 nitrogen and oxygen atoms in total. The number of hydrogen-bond acceptors (Lipinski definition) is 7. The number of carbonyl (C=O) groups is 3. The molecule has 1 unspecified atom stereocenters. The molecule has 39 heavy (non-hydrogen) atoms. The summed E-state index contributed by atoms with van der Waals surface area (Å²) in [7, 11) is 0. The number of ether oxygens (including phenoxy) is 1. The number of anilines is 2. The van der Waals surface area contributed by atoms with Crippen molar-refractivity contribution in [1.29, 1.82) is 0 Å². The molecule has 12 heteroatoms. The maximum atomic E-state index is 12.8. The summed E-state index contributed by atoms with van der Waals surface area (Å²) in [4.78, 5) is 41.1. The van der Waals surface area contributed by atoms with Gasteiger partial charge in [-0.1, -0.05) is 47.1 Å². The number of carboxylic acids is 1. The highest BCUT2D eigenvalue weighted by Crippen LogP contribution is 2.48. The van der Waals surface area contributed by atoms with E-state index in [4.69, 9.17) is 20.9 Å². The summed E-state index contributed by atoms with van der Waals surface area (Å²) < 4.78 is 12.1. The molecule has 1 aliphatic carbocycles. The molecule has 3 N–H and O–H groups in total. The highest BCUT2D eigenvalue weighted by molar-refractivity contribution is 6.31. The first-order valence-corrected chi connectivity index (χ1v) is 12.4. The van der Waals surface area contributed by atoms with Crippen LogP contribution in [0.2, 0.25) is 5.02 Å². The highest BCUT2D eigenvalue weighted by Gasteiger charge is 2.51. The number of hydrogen-bond donors (Lipinski definition) is 3. The molecule has 1 atom stereocenters. The van der Waals surface area contributed by atoms with E-state index in [2.05, 4.69) is 20.8 Å². The fourth-order valence-electron chi connectivity index (χ4n) is 4.21. The Kier molecular flexibility index (Phi) is 6.83. The molecule has 2 aromatic carbocycles. The summed E-state index contributed by atoms with van der Waals surface area (Å²) in [5.41, 5.74) is 1.94. The first-order valence-electron chi connectivity index (χ1n) is 12.1. The first kappa shape index (κ1) is 26.0. The molecule has 1 saturated carbocycles. The number of aromatic nitrogens is 3.